The molecule has 2 heterocycles. The van der Waals surface area contributed by atoms with Crippen LogP contribution in [0.25, 0.3) is 21.5 Å². The fraction of sp³-hybridized carbons (Fsp3) is 0.200. The summed E-state index contributed by atoms with van der Waals surface area (Å²) >= 11 is 1.42. The molecule has 0 aliphatic heterocycles. The number of halogens is 1. The van der Waals surface area contributed by atoms with Crippen LogP contribution in [0.3, 0.4) is 0 Å². The van der Waals surface area contributed by atoms with Crippen LogP contribution < -0.4 is 10.0 Å². The van der Waals surface area contributed by atoms with E-state index in [0.29, 0.717) is 29.8 Å². The van der Waals surface area contributed by atoms with Gasteiger partial charge in [-0.25, -0.2) is 9.37 Å². The van der Waals surface area contributed by atoms with Crippen LogP contribution in [0.2, 0.25) is 0 Å². The number of hydrogen-bond donors (Lipinski definition) is 2. The van der Waals surface area contributed by atoms with Crippen molar-refractivity contribution in [3.8, 4) is 22.1 Å². The van der Waals surface area contributed by atoms with Gasteiger partial charge in [-0.05, 0) is 56.0 Å². The van der Waals surface area contributed by atoms with Crippen molar-refractivity contribution in [1.29, 1.82) is 0 Å². The fourth-order valence-corrected chi connectivity index (χ4v) is 6.68. The van der Waals surface area contributed by atoms with Crippen LogP contribution in [0.5, 0.6) is 11.5 Å². The van der Waals surface area contributed by atoms with Gasteiger partial charge in [-0.1, -0.05) is 44.3 Å². The van der Waals surface area contributed by atoms with Crippen molar-refractivity contribution in [2.75, 3.05) is 13.3 Å². The molecule has 8 heteroatoms. The molecule has 38 heavy (non-hydrogen) atoms. The normalized spacial score (nSPS) is 13.1. The Balaban J connectivity index is 1.44. The van der Waals surface area contributed by atoms with Crippen LogP contribution in [-0.2, 0) is 16.8 Å². The van der Waals surface area contributed by atoms with E-state index >= 15 is 4.39 Å². The average molecular weight is 547 g/mol. The van der Waals surface area contributed by atoms with Crippen LogP contribution in [0, 0.1) is 5.82 Å². The van der Waals surface area contributed by atoms with Gasteiger partial charge in [-0.2, -0.15) is 0 Å². The van der Waals surface area contributed by atoms with Gasteiger partial charge >= 0.3 is 0 Å². The lowest BCUT2D eigenvalue weighted by molar-refractivity contribution is -0.107. The Morgan fingerprint density at radius 1 is 1.16 bits per heavy atom. The lowest BCUT2D eigenvalue weighted by atomic mass is 9.91. The Hall–Kier alpha value is -3.38. The smallest absolute Gasteiger partial charge is 0.171 e. The predicted octanol–water partition coefficient (Wildman–Crippen LogP) is 6.98. The number of thiazole rings is 1. The first kappa shape index (κ1) is 26.2. The molecule has 0 saturated carbocycles. The van der Waals surface area contributed by atoms with Crippen molar-refractivity contribution in [2.45, 2.75) is 25.4 Å². The highest BCUT2D eigenvalue weighted by Gasteiger charge is 2.29. The maximum atomic E-state index is 15.1. The summed E-state index contributed by atoms with van der Waals surface area (Å²) in [5.74, 6) is 0.364. The summed E-state index contributed by atoms with van der Waals surface area (Å²) in [7, 11) is -0.633. The van der Waals surface area contributed by atoms with Gasteiger partial charge in [0.1, 0.15) is 22.6 Å². The van der Waals surface area contributed by atoms with E-state index in [2.05, 4.69) is 18.3 Å². The number of aryl methyl sites for hydroxylation is 1. The van der Waals surface area contributed by atoms with E-state index in [-0.39, 0.29) is 5.75 Å². The van der Waals surface area contributed by atoms with Crippen molar-refractivity contribution >= 4 is 41.8 Å². The maximum absolute atomic E-state index is 15.1. The average Bonchev–Trinajstić information content (AvgIpc) is 3.58. The molecule has 0 saturated heterocycles. The van der Waals surface area contributed by atoms with E-state index < -0.39 is 19.3 Å². The molecule has 3 aromatic carbocycles. The summed E-state index contributed by atoms with van der Waals surface area (Å²) in [4.78, 5) is 18.6. The highest BCUT2D eigenvalue weighted by atomic mass is 32.1. The summed E-state index contributed by atoms with van der Waals surface area (Å²) in [5.41, 5.74) is 2.51. The zero-order chi connectivity index (χ0) is 26.9. The molecule has 0 aliphatic carbocycles. The van der Waals surface area contributed by atoms with Gasteiger partial charge in [-0.15, -0.1) is 11.3 Å². The number of H-pyrrole nitrogens is 1. The van der Waals surface area contributed by atoms with Crippen molar-refractivity contribution in [3.05, 3.63) is 94.9 Å². The van der Waals surface area contributed by atoms with Crippen LogP contribution in [0.15, 0.2) is 72.2 Å². The number of aldehydes is 1. The Labute approximate surface area is 226 Å². The third-order valence-electron chi connectivity index (χ3n) is 6.53. The molecule has 0 spiro atoms. The number of aromatic nitrogens is 2. The third kappa shape index (κ3) is 5.14. The Kier molecular flexibility index (Phi) is 7.44. The molecule has 2 aromatic heterocycles. The van der Waals surface area contributed by atoms with Gasteiger partial charge < -0.3 is 19.6 Å². The highest BCUT2D eigenvalue weighted by molar-refractivity contribution is 7.64. The van der Waals surface area contributed by atoms with Crippen molar-refractivity contribution in [1.82, 2.24) is 9.97 Å². The van der Waals surface area contributed by atoms with Crippen LogP contribution in [0.4, 0.5) is 4.39 Å². The van der Waals surface area contributed by atoms with Gasteiger partial charge in [0.15, 0.2) is 11.6 Å². The molecular weight excluding hydrogens is 518 g/mol. The summed E-state index contributed by atoms with van der Waals surface area (Å²) < 4.78 is 21.3. The van der Waals surface area contributed by atoms with Gasteiger partial charge in [-0.3, -0.25) is 0 Å². The number of hydrogen-bond acceptors (Lipinski definition) is 5. The van der Waals surface area contributed by atoms with E-state index in [1.807, 2.05) is 60.1 Å². The molecule has 5 nitrogen and oxygen atoms in total. The van der Waals surface area contributed by atoms with E-state index in [9.17, 15) is 9.90 Å². The Morgan fingerprint density at radius 2 is 1.97 bits per heavy atom. The maximum Gasteiger partial charge on any atom is 0.171 e. The molecule has 1 atom stereocenters. The molecule has 194 valence electrons. The second-order valence-electron chi connectivity index (χ2n) is 9.52. The Morgan fingerprint density at radius 3 is 2.76 bits per heavy atom. The number of carbonyl (C=O) groups is 1. The number of aliphatic hydroxyl groups is 1. The third-order valence-corrected chi connectivity index (χ3v) is 8.76. The first-order valence-corrected chi connectivity index (χ1v) is 15.4. The highest BCUT2D eigenvalue weighted by Crippen LogP contribution is 2.39. The lowest BCUT2D eigenvalue weighted by Crippen LogP contribution is -2.23. The molecule has 0 aliphatic rings. The summed E-state index contributed by atoms with van der Waals surface area (Å²) in [6, 6.07) is 18.5. The molecule has 0 bridgehead atoms. The minimum atomic E-state index is -1.30. The number of rotatable bonds is 9. The van der Waals surface area contributed by atoms with E-state index in [0.717, 1.165) is 38.6 Å². The number of benzene rings is 3. The van der Waals surface area contributed by atoms with E-state index in [4.69, 9.17) is 9.72 Å². The molecular formula is C30H28FN2O3PS. The monoisotopic (exact) mass is 546 g/mol. The molecule has 5 aromatic rings. The van der Waals surface area contributed by atoms with Gasteiger partial charge in [0.25, 0.3) is 0 Å². The number of ether oxygens (including phenoxy) is 1. The molecule has 0 radical (unpaired) electrons. The summed E-state index contributed by atoms with van der Waals surface area (Å²) in [6.45, 7) is 5.89. The quantitative estimate of drug-likeness (QED) is 0.155. The molecule has 1 unspecified atom stereocenters. The van der Waals surface area contributed by atoms with E-state index in [1.54, 1.807) is 13.0 Å². The van der Waals surface area contributed by atoms with Crippen molar-refractivity contribution < 1.29 is 19.0 Å². The van der Waals surface area contributed by atoms with Crippen LogP contribution in [-0.4, -0.2) is 34.7 Å². The van der Waals surface area contributed by atoms with Crippen molar-refractivity contribution in [2.24, 2.45) is 0 Å². The number of aromatic amines is 1. The minimum absolute atomic E-state index is 0.252. The van der Waals surface area contributed by atoms with Gasteiger partial charge in [0.05, 0.1) is 5.69 Å². The zero-order valence-corrected chi connectivity index (χ0v) is 23.1. The number of carbonyl (C=O) groups excluding carboxylic acids is 1. The number of nitrogens with one attached hydrogen (secondary N) is 1. The molecule has 0 fully saturated rings. The fourth-order valence-electron chi connectivity index (χ4n) is 4.52. The second-order valence-corrected chi connectivity index (χ2v) is 12.6. The summed E-state index contributed by atoms with van der Waals surface area (Å²) in [6.07, 6.45) is 3.77. The zero-order valence-electron chi connectivity index (χ0n) is 21.4. The van der Waals surface area contributed by atoms with Crippen LogP contribution in [0.1, 0.15) is 30.2 Å². The second kappa shape index (κ2) is 10.8. The Bertz CT molecular complexity index is 1610. The number of fused-ring (bicyclic) bond motifs is 1. The minimum Gasteiger partial charge on any atom is -0.454 e. The summed E-state index contributed by atoms with van der Waals surface area (Å²) in [5, 5.41) is 15.8. The van der Waals surface area contributed by atoms with Crippen LogP contribution >= 0.6 is 19.3 Å². The number of nitrogens with zero attached hydrogens (tertiary/aromatic N) is 1. The topological polar surface area (TPSA) is 75.2 Å². The lowest BCUT2D eigenvalue weighted by Gasteiger charge is -2.22. The van der Waals surface area contributed by atoms with Gasteiger partial charge in [0, 0.05) is 45.8 Å². The first-order valence-electron chi connectivity index (χ1n) is 12.2. The van der Waals surface area contributed by atoms with Crippen molar-refractivity contribution in [3.63, 3.8) is 0 Å². The molecule has 2 N–H and O–H groups in total. The standard InChI is InChI=1S/C30H28FN2O3PS/c1-30(35,21-10-4-7-19(15-21)8-6-14-34)26-18-38-29(33-26)20-9-5-11-22(16-20)36-27-24(31)17-25-23(12-13-32-25)28(27)37(2)3/h4-5,7,9-18,32,35H,6,8H2,1-3H3. The predicted molar refractivity (Wildman–Crippen MR) is 154 cm³/mol. The van der Waals surface area contributed by atoms with Gasteiger partial charge in [0.2, 0.25) is 0 Å². The molecule has 0 amide bonds. The SMILES string of the molecule is CP(C)c1c(Oc2cccc(-c3nc(C(C)(O)c4cccc(CCC=O)c4)cs3)c2)c(F)cc2[nH]ccc12. The molecule has 5 rings (SSSR count). The largest absolute Gasteiger partial charge is 0.454 e. The van der Waals surface area contributed by atoms with E-state index in [1.165, 1.54) is 17.4 Å². The first-order chi connectivity index (χ1) is 18.3.